The number of carbonyl (C=O) groups is 1. The largest absolute Gasteiger partial charge is 0.371 e. The van der Waals surface area contributed by atoms with Crippen molar-refractivity contribution in [2.24, 2.45) is 0 Å². The van der Waals surface area contributed by atoms with E-state index in [1.54, 1.807) is 6.07 Å². The van der Waals surface area contributed by atoms with Crippen molar-refractivity contribution in [3.8, 4) is 0 Å². The van der Waals surface area contributed by atoms with Gasteiger partial charge in [-0.1, -0.05) is 30.5 Å². The standard InChI is InChI=1S/C20H23N3O3/c1-15-6-8-16(9-7-15)21-20(24)18-14-17(23(25)26)10-11-19(18)22-12-4-2-3-5-13-22/h6-11,14H,2-5,12-13H2,1H3,(H,21,24). The molecule has 0 radical (unpaired) electrons. The third kappa shape index (κ3) is 4.20. The molecule has 0 aliphatic carbocycles. The van der Waals surface area contributed by atoms with E-state index in [2.05, 4.69) is 10.2 Å². The third-order valence-corrected chi connectivity index (χ3v) is 4.69. The Bertz CT molecular complexity index is 794. The van der Waals surface area contributed by atoms with Crippen molar-refractivity contribution in [2.45, 2.75) is 32.6 Å². The zero-order valence-corrected chi connectivity index (χ0v) is 14.9. The van der Waals surface area contributed by atoms with Gasteiger partial charge in [-0.2, -0.15) is 0 Å². The fourth-order valence-corrected chi connectivity index (χ4v) is 3.24. The minimum absolute atomic E-state index is 0.0716. The first kappa shape index (κ1) is 17.9. The highest BCUT2D eigenvalue weighted by Gasteiger charge is 2.21. The topological polar surface area (TPSA) is 75.5 Å². The fraction of sp³-hybridized carbons (Fsp3) is 0.350. The van der Waals surface area contributed by atoms with Crippen LogP contribution in [0.4, 0.5) is 17.1 Å². The first-order chi connectivity index (χ1) is 12.5. The Labute approximate surface area is 153 Å². The molecule has 0 saturated carbocycles. The van der Waals surface area contributed by atoms with Crippen molar-refractivity contribution in [2.75, 3.05) is 23.3 Å². The molecule has 6 heteroatoms. The number of nitro benzene ring substituents is 1. The van der Waals surface area contributed by atoms with E-state index >= 15 is 0 Å². The van der Waals surface area contributed by atoms with Crippen LogP contribution in [-0.2, 0) is 0 Å². The summed E-state index contributed by atoms with van der Waals surface area (Å²) in [6.45, 7) is 3.70. The number of aryl methyl sites for hydroxylation is 1. The molecule has 2 aromatic rings. The predicted octanol–water partition coefficient (Wildman–Crippen LogP) is 4.54. The molecule has 2 aromatic carbocycles. The minimum atomic E-state index is -0.463. The van der Waals surface area contributed by atoms with E-state index in [9.17, 15) is 14.9 Å². The highest BCUT2D eigenvalue weighted by atomic mass is 16.6. The normalized spacial score (nSPS) is 14.6. The van der Waals surface area contributed by atoms with Gasteiger partial charge in [0.2, 0.25) is 0 Å². The maximum atomic E-state index is 12.9. The Kier molecular flexibility index (Phi) is 5.51. The van der Waals surface area contributed by atoms with Crippen LogP contribution in [0.2, 0.25) is 0 Å². The van der Waals surface area contributed by atoms with E-state index in [1.165, 1.54) is 25.0 Å². The molecule has 0 atom stereocenters. The summed E-state index contributed by atoms with van der Waals surface area (Å²) in [6, 6.07) is 12.0. The highest BCUT2D eigenvalue weighted by Crippen LogP contribution is 2.28. The smallest absolute Gasteiger partial charge is 0.270 e. The Balaban J connectivity index is 1.93. The number of nitro groups is 1. The molecule has 1 fully saturated rings. The van der Waals surface area contributed by atoms with Gasteiger partial charge in [0.1, 0.15) is 0 Å². The van der Waals surface area contributed by atoms with Crippen LogP contribution in [0.15, 0.2) is 42.5 Å². The number of nitrogens with zero attached hydrogens (tertiary/aromatic N) is 2. The zero-order valence-electron chi connectivity index (χ0n) is 14.9. The van der Waals surface area contributed by atoms with Crippen molar-refractivity contribution in [3.63, 3.8) is 0 Å². The fourth-order valence-electron chi connectivity index (χ4n) is 3.24. The molecular formula is C20H23N3O3. The molecule has 26 heavy (non-hydrogen) atoms. The van der Waals surface area contributed by atoms with Crippen LogP contribution in [0.25, 0.3) is 0 Å². The maximum Gasteiger partial charge on any atom is 0.270 e. The van der Waals surface area contributed by atoms with Gasteiger partial charge in [0.05, 0.1) is 16.2 Å². The van der Waals surface area contributed by atoms with E-state index in [0.717, 1.165) is 37.2 Å². The van der Waals surface area contributed by atoms with Crippen LogP contribution >= 0.6 is 0 Å². The molecule has 1 aliphatic rings. The van der Waals surface area contributed by atoms with Crippen molar-refractivity contribution >= 4 is 23.0 Å². The summed E-state index contributed by atoms with van der Waals surface area (Å²) < 4.78 is 0. The zero-order chi connectivity index (χ0) is 18.5. The molecule has 0 aromatic heterocycles. The number of anilines is 2. The Hall–Kier alpha value is -2.89. The second-order valence-corrected chi connectivity index (χ2v) is 6.68. The molecule has 0 spiro atoms. The Morgan fingerprint density at radius 1 is 1.04 bits per heavy atom. The van der Waals surface area contributed by atoms with Crippen LogP contribution in [0.1, 0.15) is 41.6 Å². The lowest BCUT2D eigenvalue weighted by atomic mass is 10.1. The third-order valence-electron chi connectivity index (χ3n) is 4.69. The molecule has 0 unspecified atom stereocenters. The van der Waals surface area contributed by atoms with Crippen molar-refractivity contribution in [3.05, 3.63) is 63.7 Å². The average molecular weight is 353 g/mol. The maximum absolute atomic E-state index is 12.9. The number of rotatable bonds is 4. The quantitative estimate of drug-likeness (QED) is 0.647. The summed E-state index contributed by atoms with van der Waals surface area (Å²) in [5, 5.41) is 14.0. The molecule has 1 heterocycles. The number of amides is 1. The first-order valence-electron chi connectivity index (χ1n) is 8.96. The second-order valence-electron chi connectivity index (χ2n) is 6.68. The lowest BCUT2D eigenvalue weighted by molar-refractivity contribution is -0.384. The van der Waals surface area contributed by atoms with Gasteiger partial charge >= 0.3 is 0 Å². The predicted molar refractivity (Wildman–Crippen MR) is 103 cm³/mol. The van der Waals surface area contributed by atoms with Gasteiger partial charge in [-0.15, -0.1) is 0 Å². The van der Waals surface area contributed by atoms with Gasteiger partial charge in [-0.3, -0.25) is 14.9 Å². The lowest BCUT2D eigenvalue weighted by Gasteiger charge is -2.25. The average Bonchev–Trinajstić information content (AvgIpc) is 2.92. The molecular weight excluding hydrogens is 330 g/mol. The Morgan fingerprint density at radius 2 is 1.69 bits per heavy atom. The molecule has 1 N–H and O–H groups in total. The van der Waals surface area contributed by atoms with E-state index in [4.69, 9.17) is 0 Å². The summed E-state index contributed by atoms with van der Waals surface area (Å²) in [6.07, 6.45) is 4.48. The first-order valence-corrected chi connectivity index (χ1v) is 8.96. The molecule has 1 saturated heterocycles. The molecule has 0 bridgehead atoms. The second kappa shape index (κ2) is 7.99. The monoisotopic (exact) mass is 353 g/mol. The van der Waals surface area contributed by atoms with Crippen molar-refractivity contribution in [1.82, 2.24) is 0 Å². The van der Waals surface area contributed by atoms with Gasteiger partial charge in [0, 0.05) is 30.9 Å². The van der Waals surface area contributed by atoms with E-state index < -0.39 is 4.92 Å². The molecule has 1 amide bonds. The summed E-state index contributed by atoms with van der Waals surface area (Å²) in [5.41, 5.74) is 2.82. The van der Waals surface area contributed by atoms with Crippen LogP contribution < -0.4 is 10.2 Å². The van der Waals surface area contributed by atoms with Crippen LogP contribution in [0.5, 0.6) is 0 Å². The lowest BCUT2D eigenvalue weighted by Crippen LogP contribution is -2.27. The number of non-ortho nitro benzene ring substituents is 1. The number of nitrogens with one attached hydrogen (secondary N) is 1. The number of benzene rings is 2. The highest BCUT2D eigenvalue weighted by molar-refractivity contribution is 6.08. The van der Waals surface area contributed by atoms with Crippen LogP contribution in [0.3, 0.4) is 0 Å². The van der Waals surface area contributed by atoms with Gasteiger partial charge < -0.3 is 10.2 Å². The molecule has 1 aliphatic heterocycles. The van der Waals surface area contributed by atoms with Crippen LogP contribution in [0, 0.1) is 17.0 Å². The summed E-state index contributed by atoms with van der Waals surface area (Å²) in [4.78, 5) is 25.7. The minimum Gasteiger partial charge on any atom is -0.371 e. The number of hydrogen-bond acceptors (Lipinski definition) is 4. The van der Waals surface area contributed by atoms with Crippen LogP contribution in [-0.4, -0.2) is 23.9 Å². The summed E-state index contributed by atoms with van der Waals surface area (Å²) >= 11 is 0. The molecule has 136 valence electrons. The molecule has 3 rings (SSSR count). The van der Waals surface area contributed by atoms with Crippen molar-refractivity contribution in [1.29, 1.82) is 0 Å². The number of hydrogen-bond donors (Lipinski definition) is 1. The summed E-state index contributed by atoms with van der Waals surface area (Å²) in [5.74, 6) is -0.322. The van der Waals surface area contributed by atoms with Gasteiger partial charge in [-0.25, -0.2) is 0 Å². The van der Waals surface area contributed by atoms with E-state index in [1.807, 2.05) is 31.2 Å². The summed E-state index contributed by atoms with van der Waals surface area (Å²) in [7, 11) is 0. The molecule has 6 nitrogen and oxygen atoms in total. The van der Waals surface area contributed by atoms with Gasteiger partial charge in [-0.05, 0) is 38.0 Å². The van der Waals surface area contributed by atoms with E-state index in [0.29, 0.717) is 11.3 Å². The van der Waals surface area contributed by atoms with Gasteiger partial charge in [0.25, 0.3) is 11.6 Å². The van der Waals surface area contributed by atoms with E-state index in [-0.39, 0.29) is 11.6 Å². The SMILES string of the molecule is Cc1ccc(NC(=O)c2cc([N+](=O)[O-])ccc2N2CCCCCC2)cc1. The number of carbonyl (C=O) groups excluding carboxylic acids is 1. The van der Waals surface area contributed by atoms with Crippen molar-refractivity contribution < 1.29 is 9.72 Å². The van der Waals surface area contributed by atoms with Gasteiger partial charge in [0.15, 0.2) is 0 Å². The Morgan fingerprint density at radius 3 is 2.31 bits per heavy atom.